The Hall–Kier alpha value is -2.05. The minimum Gasteiger partial charge on any atom is -0.493 e. The van der Waals surface area contributed by atoms with Crippen LogP contribution in [0.4, 0.5) is 0 Å². The van der Waals surface area contributed by atoms with Gasteiger partial charge in [-0.15, -0.1) is 0 Å². The van der Waals surface area contributed by atoms with Crippen LogP contribution in [0.3, 0.4) is 0 Å². The Morgan fingerprint density at radius 1 is 1.00 bits per heavy atom. The highest BCUT2D eigenvalue weighted by molar-refractivity contribution is 7.88. The molecule has 2 rings (SSSR count). The van der Waals surface area contributed by atoms with Crippen molar-refractivity contribution in [2.75, 3.05) is 20.8 Å². The molecule has 0 saturated carbocycles. The fourth-order valence-corrected chi connectivity index (χ4v) is 3.62. The molecule has 0 atom stereocenters. The van der Waals surface area contributed by atoms with E-state index in [2.05, 4.69) is 4.72 Å². The summed E-state index contributed by atoms with van der Waals surface area (Å²) in [7, 11) is -0.177. The molecule has 2 aromatic carbocycles. The zero-order valence-electron chi connectivity index (χ0n) is 14.2. The summed E-state index contributed by atoms with van der Waals surface area (Å²) in [6.45, 7) is 2.31. The summed E-state index contributed by atoms with van der Waals surface area (Å²) in [6.07, 6.45) is 0.584. The van der Waals surface area contributed by atoms with Gasteiger partial charge in [0.05, 0.1) is 20.0 Å². The van der Waals surface area contributed by atoms with Gasteiger partial charge in [0, 0.05) is 6.54 Å². The smallest absolute Gasteiger partial charge is 0.215 e. The number of methoxy groups -OCH3 is 2. The van der Waals surface area contributed by atoms with E-state index >= 15 is 0 Å². The van der Waals surface area contributed by atoms with Crippen LogP contribution in [0.25, 0.3) is 0 Å². The normalized spacial score (nSPS) is 11.3. The van der Waals surface area contributed by atoms with Gasteiger partial charge < -0.3 is 9.47 Å². The van der Waals surface area contributed by atoms with E-state index in [0.717, 1.165) is 16.7 Å². The summed E-state index contributed by atoms with van der Waals surface area (Å²) in [4.78, 5) is 0. The van der Waals surface area contributed by atoms with E-state index < -0.39 is 10.0 Å². The first-order valence-electron chi connectivity index (χ1n) is 7.68. The van der Waals surface area contributed by atoms with Crippen LogP contribution in [0.5, 0.6) is 11.5 Å². The second kappa shape index (κ2) is 8.17. The highest BCUT2D eigenvalue weighted by Crippen LogP contribution is 2.30. The van der Waals surface area contributed by atoms with Crippen molar-refractivity contribution < 1.29 is 17.9 Å². The van der Waals surface area contributed by atoms with Gasteiger partial charge in [-0.05, 0) is 42.2 Å². The number of aryl methyl sites for hydroxylation is 1. The van der Waals surface area contributed by atoms with Crippen molar-refractivity contribution in [1.29, 1.82) is 0 Å². The summed E-state index contributed by atoms with van der Waals surface area (Å²) in [5.41, 5.74) is 2.83. The zero-order valence-corrected chi connectivity index (χ0v) is 15.0. The molecule has 6 heteroatoms. The Morgan fingerprint density at radius 3 is 2.25 bits per heavy atom. The van der Waals surface area contributed by atoms with Gasteiger partial charge in [0.2, 0.25) is 10.0 Å². The second-order valence-corrected chi connectivity index (χ2v) is 7.33. The maximum Gasteiger partial charge on any atom is 0.215 e. The first-order valence-corrected chi connectivity index (χ1v) is 9.33. The molecule has 0 radical (unpaired) electrons. The SMILES string of the molecule is COc1cc(C)c(CCNS(=O)(=O)Cc2ccccc2)cc1OC. The highest BCUT2D eigenvalue weighted by atomic mass is 32.2. The Morgan fingerprint density at radius 2 is 1.62 bits per heavy atom. The van der Waals surface area contributed by atoms with Crippen molar-refractivity contribution in [3.05, 3.63) is 59.2 Å². The lowest BCUT2D eigenvalue weighted by atomic mass is 10.0. The van der Waals surface area contributed by atoms with Crippen molar-refractivity contribution >= 4 is 10.0 Å². The number of nitrogens with one attached hydrogen (secondary N) is 1. The molecule has 0 saturated heterocycles. The number of benzene rings is 2. The Bertz CT molecular complexity index is 773. The van der Waals surface area contributed by atoms with Gasteiger partial charge in [0.15, 0.2) is 11.5 Å². The first kappa shape index (κ1) is 18.3. The molecule has 0 amide bonds. The Balaban J connectivity index is 1.98. The highest BCUT2D eigenvalue weighted by Gasteiger charge is 2.12. The third kappa shape index (κ3) is 4.97. The summed E-state index contributed by atoms with van der Waals surface area (Å²) in [5.74, 6) is 1.30. The van der Waals surface area contributed by atoms with E-state index in [1.165, 1.54) is 0 Å². The Labute approximate surface area is 143 Å². The minimum atomic E-state index is -3.35. The molecule has 0 bridgehead atoms. The second-order valence-electron chi connectivity index (χ2n) is 5.52. The van der Waals surface area contributed by atoms with Gasteiger partial charge in [-0.3, -0.25) is 0 Å². The molecule has 1 N–H and O–H groups in total. The van der Waals surface area contributed by atoms with Crippen LogP contribution < -0.4 is 14.2 Å². The van der Waals surface area contributed by atoms with Crippen molar-refractivity contribution in [3.63, 3.8) is 0 Å². The van der Waals surface area contributed by atoms with E-state index in [9.17, 15) is 8.42 Å². The molecule has 24 heavy (non-hydrogen) atoms. The fraction of sp³-hybridized carbons (Fsp3) is 0.333. The van der Waals surface area contributed by atoms with E-state index in [1.54, 1.807) is 26.4 Å². The van der Waals surface area contributed by atoms with Crippen molar-refractivity contribution in [2.45, 2.75) is 19.1 Å². The predicted octanol–water partition coefficient (Wildman–Crippen LogP) is 2.67. The number of hydrogen-bond donors (Lipinski definition) is 1. The van der Waals surface area contributed by atoms with Gasteiger partial charge in [0.25, 0.3) is 0 Å². The number of sulfonamides is 1. The lowest BCUT2D eigenvalue weighted by molar-refractivity contribution is 0.354. The molecule has 0 aliphatic heterocycles. The minimum absolute atomic E-state index is 0.0151. The predicted molar refractivity (Wildman–Crippen MR) is 95.1 cm³/mol. The van der Waals surface area contributed by atoms with Crippen LogP contribution >= 0.6 is 0 Å². The van der Waals surface area contributed by atoms with Crippen molar-refractivity contribution in [2.24, 2.45) is 0 Å². The van der Waals surface area contributed by atoms with Crippen LogP contribution in [-0.4, -0.2) is 29.2 Å². The third-order valence-corrected chi connectivity index (χ3v) is 5.12. The lowest BCUT2D eigenvalue weighted by Gasteiger charge is -2.13. The quantitative estimate of drug-likeness (QED) is 0.796. The monoisotopic (exact) mass is 349 g/mol. The molecule has 130 valence electrons. The Kier molecular flexibility index (Phi) is 6.23. The molecule has 0 aromatic heterocycles. The number of hydrogen-bond acceptors (Lipinski definition) is 4. The summed E-state index contributed by atoms with van der Waals surface area (Å²) < 4.78 is 37.5. The third-order valence-electron chi connectivity index (χ3n) is 3.76. The average Bonchev–Trinajstić information content (AvgIpc) is 2.56. The molecule has 5 nitrogen and oxygen atoms in total. The van der Waals surface area contributed by atoms with Crippen molar-refractivity contribution in [1.82, 2.24) is 4.72 Å². The van der Waals surface area contributed by atoms with Crippen LogP contribution in [0.2, 0.25) is 0 Å². The summed E-state index contributed by atoms with van der Waals surface area (Å²) in [6, 6.07) is 12.9. The zero-order chi connectivity index (χ0) is 17.6. The van der Waals surface area contributed by atoms with Crippen molar-refractivity contribution in [3.8, 4) is 11.5 Å². The van der Waals surface area contributed by atoms with Crippen LogP contribution in [0, 0.1) is 6.92 Å². The number of ether oxygens (including phenoxy) is 2. The summed E-state index contributed by atoms with van der Waals surface area (Å²) >= 11 is 0. The molecule has 0 aliphatic carbocycles. The maximum atomic E-state index is 12.1. The summed E-state index contributed by atoms with van der Waals surface area (Å²) in [5, 5.41) is 0. The average molecular weight is 349 g/mol. The van der Waals surface area contributed by atoms with E-state index in [1.807, 2.05) is 37.3 Å². The maximum absolute atomic E-state index is 12.1. The standard InChI is InChI=1S/C18H23NO4S/c1-14-11-17(22-2)18(23-3)12-16(14)9-10-19-24(20,21)13-15-7-5-4-6-8-15/h4-8,11-12,19H,9-10,13H2,1-3H3. The van der Waals surface area contributed by atoms with Gasteiger partial charge in [-0.25, -0.2) is 13.1 Å². The van der Waals surface area contributed by atoms with E-state index in [-0.39, 0.29) is 5.75 Å². The molecule has 0 heterocycles. The molecule has 0 spiro atoms. The molecule has 2 aromatic rings. The van der Waals surface area contributed by atoms with E-state index in [4.69, 9.17) is 9.47 Å². The largest absolute Gasteiger partial charge is 0.493 e. The van der Waals surface area contributed by atoms with Gasteiger partial charge in [0.1, 0.15) is 0 Å². The first-order chi connectivity index (χ1) is 11.4. The molecular formula is C18H23NO4S. The number of rotatable bonds is 8. The van der Waals surface area contributed by atoms with Crippen LogP contribution in [-0.2, 0) is 22.2 Å². The molecule has 0 unspecified atom stereocenters. The molecular weight excluding hydrogens is 326 g/mol. The van der Waals surface area contributed by atoms with Gasteiger partial charge >= 0.3 is 0 Å². The van der Waals surface area contributed by atoms with Gasteiger partial charge in [-0.1, -0.05) is 30.3 Å². The topological polar surface area (TPSA) is 64.6 Å². The van der Waals surface area contributed by atoms with Crippen LogP contribution in [0.15, 0.2) is 42.5 Å². The molecule has 0 fully saturated rings. The van der Waals surface area contributed by atoms with Gasteiger partial charge in [-0.2, -0.15) is 0 Å². The molecule has 0 aliphatic rings. The van der Waals surface area contributed by atoms with E-state index in [0.29, 0.717) is 24.5 Å². The fourth-order valence-electron chi connectivity index (χ4n) is 2.48. The lowest BCUT2D eigenvalue weighted by Crippen LogP contribution is -2.27. The van der Waals surface area contributed by atoms with Crippen LogP contribution in [0.1, 0.15) is 16.7 Å².